The van der Waals surface area contributed by atoms with Gasteiger partial charge in [0.15, 0.2) is 0 Å². The average molecular weight is 232 g/mol. The van der Waals surface area contributed by atoms with Crippen LogP contribution in [0.1, 0.15) is 6.92 Å². The fourth-order valence-electron chi connectivity index (χ4n) is 1.20. The van der Waals surface area contributed by atoms with Gasteiger partial charge >= 0.3 is 5.97 Å². The van der Waals surface area contributed by atoms with Crippen LogP contribution in [0.5, 0.6) is 0 Å². The molecule has 16 heavy (non-hydrogen) atoms. The van der Waals surface area contributed by atoms with Crippen LogP contribution in [-0.4, -0.2) is 62.3 Å². The molecule has 6 nitrogen and oxygen atoms in total. The zero-order valence-corrected chi connectivity index (χ0v) is 10.0. The largest absolute Gasteiger partial charge is 0.481 e. The van der Waals surface area contributed by atoms with E-state index in [4.69, 9.17) is 9.84 Å². The summed E-state index contributed by atoms with van der Waals surface area (Å²) in [6.45, 7) is 3.11. The van der Waals surface area contributed by atoms with E-state index >= 15 is 0 Å². The van der Waals surface area contributed by atoms with E-state index in [1.165, 1.54) is 0 Å². The van der Waals surface area contributed by atoms with Gasteiger partial charge in [0.05, 0.1) is 19.1 Å². The quantitative estimate of drug-likeness (QED) is 0.546. The van der Waals surface area contributed by atoms with Gasteiger partial charge in [0.1, 0.15) is 0 Å². The van der Waals surface area contributed by atoms with Crippen LogP contribution in [0.2, 0.25) is 0 Å². The lowest BCUT2D eigenvalue weighted by molar-refractivity contribution is -0.142. The first kappa shape index (κ1) is 14.9. The Hall–Kier alpha value is -1.14. The van der Waals surface area contributed by atoms with Crippen molar-refractivity contribution in [2.24, 2.45) is 5.92 Å². The minimum absolute atomic E-state index is 0.128. The molecule has 0 saturated heterocycles. The van der Waals surface area contributed by atoms with Crippen LogP contribution in [0.25, 0.3) is 0 Å². The van der Waals surface area contributed by atoms with Crippen molar-refractivity contribution in [1.29, 1.82) is 0 Å². The van der Waals surface area contributed by atoms with E-state index < -0.39 is 11.9 Å². The van der Waals surface area contributed by atoms with Gasteiger partial charge in [-0.2, -0.15) is 0 Å². The van der Waals surface area contributed by atoms with E-state index in [2.05, 4.69) is 5.32 Å². The summed E-state index contributed by atoms with van der Waals surface area (Å²) in [4.78, 5) is 23.6. The molecule has 0 spiro atoms. The van der Waals surface area contributed by atoms with Crippen molar-refractivity contribution in [1.82, 2.24) is 10.2 Å². The summed E-state index contributed by atoms with van der Waals surface area (Å²) in [5.74, 6) is -1.46. The summed E-state index contributed by atoms with van der Waals surface area (Å²) in [6.07, 6.45) is 0. The lowest BCUT2D eigenvalue weighted by Gasteiger charge is -2.18. The van der Waals surface area contributed by atoms with Crippen molar-refractivity contribution >= 4 is 11.9 Å². The average Bonchev–Trinajstić information content (AvgIpc) is 2.17. The van der Waals surface area contributed by atoms with Gasteiger partial charge in [0, 0.05) is 20.2 Å². The van der Waals surface area contributed by atoms with Crippen molar-refractivity contribution in [3.63, 3.8) is 0 Å². The maximum atomic E-state index is 11.3. The zero-order chi connectivity index (χ0) is 12.6. The van der Waals surface area contributed by atoms with Crippen LogP contribution in [0.15, 0.2) is 0 Å². The van der Waals surface area contributed by atoms with Gasteiger partial charge in [-0.1, -0.05) is 6.92 Å². The molecule has 2 N–H and O–H groups in total. The van der Waals surface area contributed by atoms with Gasteiger partial charge in [-0.25, -0.2) is 0 Å². The summed E-state index contributed by atoms with van der Waals surface area (Å²) in [6, 6.07) is 0. The molecular formula is C10H20N2O4. The molecule has 0 aromatic rings. The molecule has 1 atom stereocenters. The number of rotatable bonds is 8. The highest BCUT2D eigenvalue weighted by atomic mass is 16.5. The SMILES string of the molecule is COCCNC(=O)CN(C)CC(C)C(=O)O. The van der Waals surface area contributed by atoms with E-state index in [0.29, 0.717) is 19.7 Å². The van der Waals surface area contributed by atoms with Gasteiger partial charge in [-0.15, -0.1) is 0 Å². The number of carboxylic acid groups (broad SMARTS) is 1. The monoisotopic (exact) mass is 232 g/mol. The molecule has 6 heteroatoms. The molecule has 0 aliphatic carbocycles. The molecule has 0 radical (unpaired) electrons. The third-order valence-corrected chi connectivity index (χ3v) is 2.05. The number of nitrogens with zero attached hydrogens (tertiary/aromatic N) is 1. The Bertz CT molecular complexity index is 233. The smallest absolute Gasteiger partial charge is 0.307 e. The van der Waals surface area contributed by atoms with E-state index in [0.717, 1.165) is 0 Å². The van der Waals surface area contributed by atoms with Gasteiger partial charge < -0.3 is 15.2 Å². The fourth-order valence-corrected chi connectivity index (χ4v) is 1.20. The Morgan fingerprint density at radius 2 is 2.12 bits per heavy atom. The summed E-state index contributed by atoms with van der Waals surface area (Å²) in [7, 11) is 3.28. The summed E-state index contributed by atoms with van der Waals surface area (Å²) >= 11 is 0. The van der Waals surface area contributed by atoms with Gasteiger partial charge in [-0.05, 0) is 7.05 Å². The number of hydrogen-bond acceptors (Lipinski definition) is 4. The van der Waals surface area contributed by atoms with E-state index in [1.54, 1.807) is 26.0 Å². The second-order valence-electron chi connectivity index (χ2n) is 3.78. The Morgan fingerprint density at radius 1 is 1.50 bits per heavy atom. The highest BCUT2D eigenvalue weighted by Gasteiger charge is 2.15. The van der Waals surface area contributed by atoms with E-state index in [1.807, 2.05) is 0 Å². The molecule has 0 saturated carbocycles. The van der Waals surface area contributed by atoms with Crippen LogP contribution in [0, 0.1) is 5.92 Å². The third kappa shape index (κ3) is 7.19. The van der Waals surface area contributed by atoms with Crippen LogP contribution in [0.4, 0.5) is 0 Å². The first-order chi connectivity index (χ1) is 7.47. The molecule has 0 aliphatic heterocycles. The summed E-state index contributed by atoms with van der Waals surface area (Å²) in [5, 5.41) is 11.4. The zero-order valence-electron chi connectivity index (χ0n) is 10.0. The number of ether oxygens (including phenoxy) is 1. The molecule has 0 fully saturated rings. The Morgan fingerprint density at radius 3 is 2.62 bits per heavy atom. The molecule has 0 bridgehead atoms. The second-order valence-corrected chi connectivity index (χ2v) is 3.78. The van der Waals surface area contributed by atoms with Crippen molar-refractivity contribution in [3.8, 4) is 0 Å². The Kier molecular flexibility index (Phi) is 7.49. The van der Waals surface area contributed by atoms with Gasteiger partial charge in [0.2, 0.25) is 5.91 Å². The van der Waals surface area contributed by atoms with Crippen molar-refractivity contribution in [2.75, 3.05) is 40.4 Å². The standard InChI is InChI=1S/C10H20N2O4/c1-8(10(14)15)6-12(2)7-9(13)11-4-5-16-3/h8H,4-7H2,1-3H3,(H,11,13)(H,14,15). The number of carbonyl (C=O) groups is 2. The molecule has 1 amide bonds. The minimum atomic E-state index is -0.855. The predicted molar refractivity (Wildman–Crippen MR) is 59.2 cm³/mol. The topological polar surface area (TPSA) is 78.9 Å². The van der Waals surface area contributed by atoms with Crippen molar-refractivity contribution in [2.45, 2.75) is 6.92 Å². The van der Waals surface area contributed by atoms with Crippen LogP contribution in [0.3, 0.4) is 0 Å². The van der Waals surface area contributed by atoms with Gasteiger partial charge in [0.25, 0.3) is 0 Å². The molecule has 0 rings (SSSR count). The van der Waals surface area contributed by atoms with Crippen molar-refractivity contribution < 1.29 is 19.4 Å². The van der Waals surface area contributed by atoms with E-state index in [9.17, 15) is 9.59 Å². The minimum Gasteiger partial charge on any atom is -0.481 e. The van der Waals surface area contributed by atoms with Crippen LogP contribution in [-0.2, 0) is 14.3 Å². The number of amides is 1. The molecule has 0 aromatic heterocycles. The number of aliphatic carboxylic acids is 1. The summed E-state index contributed by atoms with van der Waals surface area (Å²) in [5.41, 5.74) is 0. The first-order valence-corrected chi connectivity index (χ1v) is 5.14. The highest BCUT2D eigenvalue weighted by Crippen LogP contribution is 1.97. The number of nitrogens with one attached hydrogen (secondary N) is 1. The summed E-state index contributed by atoms with van der Waals surface area (Å²) < 4.78 is 4.79. The van der Waals surface area contributed by atoms with E-state index in [-0.39, 0.29) is 12.5 Å². The molecule has 94 valence electrons. The third-order valence-electron chi connectivity index (χ3n) is 2.05. The maximum Gasteiger partial charge on any atom is 0.307 e. The van der Waals surface area contributed by atoms with Gasteiger partial charge in [-0.3, -0.25) is 14.5 Å². The number of likely N-dealkylation sites (N-methyl/N-ethyl adjacent to an activating group) is 1. The lowest BCUT2D eigenvalue weighted by atomic mass is 10.2. The fraction of sp³-hybridized carbons (Fsp3) is 0.800. The predicted octanol–water partition coefficient (Wildman–Crippen LogP) is -0.598. The van der Waals surface area contributed by atoms with Crippen molar-refractivity contribution in [3.05, 3.63) is 0 Å². The molecular weight excluding hydrogens is 212 g/mol. The Balaban J connectivity index is 3.73. The maximum absolute atomic E-state index is 11.3. The Labute approximate surface area is 95.6 Å². The molecule has 0 heterocycles. The number of hydrogen-bond donors (Lipinski definition) is 2. The lowest BCUT2D eigenvalue weighted by Crippen LogP contribution is -2.39. The number of carboxylic acids is 1. The normalized spacial score (nSPS) is 12.5. The molecule has 0 aliphatic rings. The highest BCUT2D eigenvalue weighted by molar-refractivity contribution is 5.78. The second kappa shape index (κ2) is 8.06. The van der Waals surface area contributed by atoms with Crippen LogP contribution >= 0.6 is 0 Å². The molecule has 1 unspecified atom stereocenters. The van der Waals surface area contributed by atoms with Crippen LogP contribution < -0.4 is 5.32 Å². The number of methoxy groups -OCH3 is 1. The molecule has 0 aromatic carbocycles. The number of carbonyl (C=O) groups excluding carboxylic acids is 1. The first-order valence-electron chi connectivity index (χ1n) is 5.14.